The molecule has 0 saturated heterocycles. The molecule has 0 aliphatic rings. The first-order valence-corrected chi connectivity index (χ1v) is 8.27. The summed E-state index contributed by atoms with van der Waals surface area (Å²) in [7, 11) is 0. The number of hydrogen-bond donors (Lipinski definition) is 2. The van der Waals surface area contributed by atoms with Crippen LogP contribution in [0.15, 0.2) is 53.0 Å². The van der Waals surface area contributed by atoms with Crippen molar-refractivity contribution in [3.8, 4) is 0 Å². The van der Waals surface area contributed by atoms with Gasteiger partial charge in [-0.25, -0.2) is 0 Å². The van der Waals surface area contributed by atoms with E-state index in [1.807, 2.05) is 13.8 Å². The first-order valence-electron chi connectivity index (χ1n) is 7.48. The summed E-state index contributed by atoms with van der Waals surface area (Å²) < 4.78 is 0.905. The fourth-order valence-corrected chi connectivity index (χ4v) is 2.25. The summed E-state index contributed by atoms with van der Waals surface area (Å²) in [5.74, 6) is -0.438. The van der Waals surface area contributed by atoms with Crippen LogP contribution in [0.2, 0.25) is 0 Å². The lowest BCUT2D eigenvalue weighted by molar-refractivity contribution is 0.0940. The highest BCUT2D eigenvalue weighted by Gasteiger charge is 2.15. The Morgan fingerprint density at radius 3 is 2.35 bits per heavy atom. The first kappa shape index (κ1) is 17.2. The lowest BCUT2D eigenvalue weighted by Crippen LogP contribution is -2.32. The molecular weight excluding hydrogens is 356 g/mol. The van der Waals surface area contributed by atoms with Gasteiger partial charge in [-0.05, 0) is 49.7 Å². The van der Waals surface area contributed by atoms with Crippen LogP contribution in [0.5, 0.6) is 0 Å². The van der Waals surface area contributed by atoms with Gasteiger partial charge in [0.15, 0.2) is 0 Å². The average molecular weight is 375 g/mol. The summed E-state index contributed by atoms with van der Waals surface area (Å²) in [6.45, 7) is 3.95. The van der Waals surface area contributed by atoms with Gasteiger partial charge < -0.3 is 10.6 Å². The summed E-state index contributed by atoms with van der Waals surface area (Å²) in [6.07, 6.45) is 0.846. The molecule has 2 aromatic rings. The number of hydrogen-bond acceptors (Lipinski definition) is 2. The van der Waals surface area contributed by atoms with Gasteiger partial charge in [0.1, 0.15) is 0 Å². The lowest BCUT2D eigenvalue weighted by Gasteiger charge is -2.14. The second-order valence-electron chi connectivity index (χ2n) is 5.29. The molecule has 0 saturated carbocycles. The molecule has 2 aromatic carbocycles. The van der Waals surface area contributed by atoms with E-state index in [1.54, 1.807) is 48.5 Å². The molecule has 2 N–H and O–H groups in total. The molecule has 23 heavy (non-hydrogen) atoms. The highest BCUT2D eigenvalue weighted by molar-refractivity contribution is 9.10. The third-order valence-corrected chi connectivity index (χ3v) is 4.04. The van der Waals surface area contributed by atoms with Crippen molar-refractivity contribution in [2.24, 2.45) is 0 Å². The number of rotatable bonds is 5. The largest absolute Gasteiger partial charge is 0.350 e. The highest BCUT2D eigenvalue weighted by Crippen LogP contribution is 2.17. The summed E-state index contributed by atoms with van der Waals surface area (Å²) in [5, 5.41) is 5.71. The van der Waals surface area contributed by atoms with Gasteiger partial charge in [-0.2, -0.15) is 0 Å². The monoisotopic (exact) mass is 374 g/mol. The van der Waals surface area contributed by atoms with Crippen LogP contribution in [0, 0.1) is 0 Å². The lowest BCUT2D eigenvalue weighted by atomic mass is 10.1. The fraction of sp³-hybridized carbons (Fsp3) is 0.222. The van der Waals surface area contributed by atoms with E-state index in [2.05, 4.69) is 26.6 Å². The van der Waals surface area contributed by atoms with Gasteiger partial charge in [0.25, 0.3) is 11.8 Å². The van der Waals surface area contributed by atoms with E-state index in [1.165, 1.54) is 0 Å². The molecule has 0 aromatic heterocycles. The third kappa shape index (κ3) is 4.66. The van der Waals surface area contributed by atoms with E-state index in [0.717, 1.165) is 10.9 Å². The van der Waals surface area contributed by atoms with Gasteiger partial charge in [-0.3, -0.25) is 9.59 Å². The Labute approximate surface area is 144 Å². The number of anilines is 1. The molecule has 1 unspecified atom stereocenters. The number of halogens is 1. The summed E-state index contributed by atoms with van der Waals surface area (Å²) in [5.41, 5.74) is 1.49. The average Bonchev–Trinajstić information content (AvgIpc) is 2.55. The SMILES string of the molecule is CCC(C)NC(=O)c1ccccc1NC(=O)c1ccc(Br)cc1. The smallest absolute Gasteiger partial charge is 0.255 e. The van der Waals surface area contributed by atoms with Crippen LogP contribution in [-0.2, 0) is 0 Å². The number of benzene rings is 2. The minimum Gasteiger partial charge on any atom is -0.350 e. The molecule has 0 radical (unpaired) electrons. The van der Waals surface area contributed by atoms with E-state index >= 15 is 0 Å². The van der Waals surface area contributed by atoms with Crippen LogP contribution in [0.3, 0.4) is 0 Å². The molecule has 1 atom stereocenters. The molecule has 5 heteroatoms. The molecule has 0 fully saturated rings. The highest BCUT2D eigenvalue weighted by atomic mass is 79.9. The van der Waals surface area contributed by atoms with E-state index in [-0.39, 0.29) is 17.9 Å². The second-order valence-corrected chi connectivity index (χ2v) is 6.21. The Kier molecular flexibility index (Phi) is 5.93. The van der Waals surface area contributed by atoms with Gasteiger partial charge in [0.05, 0.1) is 11.3 Å². The summed E-state index contributed by atoms with van der Waals surface area (Å²) in [6, 6.07) is 14.1. The van der Waals surface area contributed by atoms with Crippen molar-refractivity contribution >= 4 is 33.4 Å². The Morgan fingerprint density at radius 2 is 1.70 bits per heavy atom. The molecule has 0 bridgehead atoms. The second kappa shape index (κ2) is 7.92. The maximum absolute atomic E-state index is 12.3. The summed E-state index contributed by atoms with van der Waals surface area (Å²) in [4.78, 5) is 24.6. The van der Waals surface area contributed by atoms with Gasteiger partial charge in [0, 0.05) is 16.1 Å². The number of carbonyl (C=O) groups excluding carboxylic acids is 2. The van der Waals surface area contributed by atoms with E-state index in [0.29, 0.717) is 16.8 Å². The zero-order valence-electron chi connectivity index (χ0n) is 13.1. The molecule has 0 aliphatic carbocycles. The standard InChI is InChI=1S/C18H19BrN2O2/c1-3-12(2)20-18(23)15-6-4-5-7-16(15)21-17(22)13-8-10-14(19)11-9-13/h4-12H,3H2,1-2H3,(H,20,23)(H,21,22). The van der Waals surface area contributed by atoms with Crippen LogP contribution in [0.4, 0.5) is 5.69 Å². The van der Waals surface area contributed by atoms with Crippen LogP contribution in [0.25, 0.3) is 0 Å². The zero-order chi connectivity index (χ0) is 16.8. The van der Waals surface area contributed by atoms with Crippen molar-refractivity contribution in [2.75, 3.05) is 5.32 Å². The Balaban J connectivity index is 2.18. The number of amides is 2. The minimum absolute atomic E-state index is 0.0812. The predicted octanol–water partition coefficient (Wildman–Crippen LogP) is 4.23. The van der Waals surface area contributed by atoms with E-state index in [9.17, 15) is 9.59 Å². The molecule has 0 heterocycles. The minimum atomic E-state index is -0.249. The van der Waals surface area contributed by atoms with Crippen molar-refractivity contribution < 1.29 is 9.59 Å². The molecule has 120 valence electrons. The molecule has 2 amide bonds. The summed E-state index contributed by atoms with van der Waals surface area (Å²) >= 11 is 3.34. The fourth-order valence-electron chi connectivity index (χ4n) is 1.99. The Hall–Kier alpha value is -2.14. The molecule has 0 aliphatic heterocycles. The maximum atomic E-state index is 12.3. The Bertz CT molecular complexity index is 698. The molecular formula is C18H19BrN2O2. The molecule has 4 nitrogen and oxygen atoms in total. The number of carbonyl (C=O) groups is 2. The van der Waals surface area contributed by atoms with Crippen LogP contribution >= 0.6 is 15.9 Å². The van der Waals surface area contributed by atoms with E-state index < -0.39 is 0 Å². The number of para-hydroxylation sites is 1. The molecule has 2 rings (SSSR count). The zero-order valence-corrected chi connectivity index (χ0v) is 14.7. The van der Waals surface area contributed by atoms with Crippen LogP contribution < -0.4 is 10.6 Å². The maximum Gasteiger partial charge on any atom is 0.255 e. The van der Waals surface area contributed by atoms with Crippen molar-refractivity contribution in [3.05, 3.63) is 64.1 Å². The number of nitrogens with one attached hydrogen (secondary N) is 2. The van der Waals surface area contributed by atoms with Crippen LogP contribution in [0.1, 0.15) is 41.0 Å². The topological polar surface area (TPSA) is 58.2 Å². The van der Waals surface area contributed by atoms with Gasteiger partial charge in [0.2, 0.25) is 0 Å². The van der Waals surface area contributed by atoms with Crippen molar-refractivity contribution in [1.29, 1.82) is 0 Å². The normalized spacial score (nSPS) is 11.6. The van der Waals surface area contributed by atoms with Gasteiger partial charge >= 0.3 is 0 Å². The van der Waals surface area contributed by atoms with Crippen molar-refractivity contribution in [2.45, 2.75) is 26.3 Å². The van der Waals surface area contributed by atoms with Crippen molar-refractivity contribution in [3.63, 3.8) is 0 Å². The van der Waals surface area contributed by atoms with Gasteiger partial charge in [-0.1, -0.05) is 35.0 Å². The quantitative estimate of drug-likeness (QED) is 0.822. The Morgan fingerprint density at radius 1 is 1.04 bits per heavy atom. The third-order valence-electron chi connectivity index (χ3n) is 3.52. The van der Waals surface area contributed by atoms with Crippen LogP contribution in [-0.4, -0.2) is 17.9 Å². The van der Waals surface area contributed by atoms with Crippen molar-refractivity contribution in [1.82, 2.24) is 5.32 Å². The first-order chi connectivity index (χ1) is 11.0. The predicted molar refractivity (Wildman–Crippen MR) is 95.8 cm³/mol. The van der Waals surface area contributed by atoms with Gasteiger partial charge in [-0.15, -0.1) is 0 Å². The van der Waals surface area contributed by atoms with E-state index in [4.69, 9.17) is 0 Å². The molecule has 0 spiro atoms.